The number of hydrogen-bond acceptors (Lipinski definition) is 5. The lowest BCUT2D eigenvalue weighted by atomic mass is 10.0. The maximum atomic E-state index is 12.0. The Hall–Kier alpha value is -2.32. The predicted molar refractivity (Wildman–Crippen MR) is 113 cm³/mol. The van der Waals surface area contributed by atoms with Crippen LogP contribution in [0.25, 0.3) is 0 Å². The van der Waals surface area contributed by atoms with Gasteiger partial charge in [0.1, 0.15) is 5.75 Å². The average Bonchev–Trinajstić information content (AvgIpc) is 2.74. The van der Waals surface area contributed by atoms with Crippen molar-refractivity contribution in [3.63, 3.8) is 0 Å². The molecule has 1 aliphatic rings. The monoisotopic (exact) mass is 406 g/mol. The van der Waals surface area contributed by atoms with Crippen LogP contribution in [0.4, 0.5) is 0 Å². The molecule has 1 fully saturated rings. The van der Waals surface area contributed by atoms with Gasteiger partial charge in [-0.05, 0) is 56.4 Å². The van der Waals surface area contributed by atoms with Gasteiger partial charge in [-0.2, -0.15) is 0 Å². The molecule has 1 aromatic carbocycles. The minimum absolute atomic E-state index is 0.142. The zero-order valence-corrected chi connectivity index (χ0v) is 17.3. The number of aliphatic imine (C=N–C) groups is 1. The van der Waals surface area contributed by atoms with E-state index in [1.807, 2.05) is 6.92 Å². The van der Waals surface area contributed by atoms with Crippen LogP contribution in [-0.4, -0.2) is 69.6 Å². The number of nitrogens with zero attached hydrogens (tertiary/aromatic N) is 1. The largest absolute Gasteiger partial charge is 0.508 e. The molecule has 1 aromatic rings. The van der Waals surface area contributed by atoms with E-state index < -0.39 is 0 Å². The van der Waals surface area contributed by atoms with Crippen LogP contribution >= 0.6 is 0 Å². The van der Waals surface area contributed by atoms with Gasteiger partial charge in [-0.25, -0.2) is 0 Å². The molecular weight excluding hydrogens is 372 g/mol. The van der Waals surface area contributed by atoms with E-state index in [1.165, 1.54) is 12.1 Å². The third-order valence-corrected chi connectivity index (χ3v) is 4.59. The molecule has 0 aromatic heterocycles. The molecule has 1 heterocycles. The highest BCUT2D eigenvalue weighted by atomic mass is 16.5. The number of hydrogen-bond donors (Lipinski definition) is 4. The second-order valence-corrected chi connectivity index (χ2v) is 6.97. The van der Waals surface area contributed by atoms with Gasteiger partial charge in [0.25, 0.3) is 5.91 Å². The molecule has 0 atom stereocenters. The zero-order chi connectivity index (χ0) is 20.7. The summed E-state index contributed by atoms with van der Waals surface area (Å²) in [7, 11) is 0. The second-order valence-electron chi connectivity index (χ2n) is 6.97. The standard InChI is InChI=1S/C21H34N4O4/c1-2-22-21(24-10-3-13-29-16-17-8-14-28-15-9-17)25-12-11-23-20(27)18-4-6-19(26)7-5-18/h4-7,17,26H,2-3,8-16H2,1H3,(H,23,27)(H2,22,24,25). The van der Waals surface area contributed by atoms with Gasteiger partial charge in [0.2, 0.25) is 0 Å². The van der Waals surface area contributed by atoms with Gasteiger partial charge >= 0.3 is 0 Å². The Bertz CT molecular complexity index is 616. The van der Waals surface area contributed by atoms with Crippen LogP contribution in [0, 0.1) is 5.92 Å². The lowest BCUT2D eigenvalue weighted by molar-refractivity contribution is 0.0205. The third kappa shape index (κ3) is 9.62. The van der Waals surface area contributed by atoms with Crippen LogP contribution in [0.2, 0.25) is 0 Å². The summed E-state index contributed by atoms with van der Waals surface area (Å²) in [4.78, 5) is 16.6. The van der Waals surface area contributed by atoms with E-state index in [-0.39, 0.29) is 11.7 Å². The molecule has 0 bridgehead atoms. The molecule has 162 valence electrons. The number of guanidine groups is 1. The van der Waals surface area contributed by atoms with Gasteiger partial charge in [-0.3, -0.25) is 9.79 Å². The van der Waals surface area contributed by atoms with Crippen molar-refractivity contribution >= 4 is 11.9 Å². The van der Waals surface area contributed by atoms with Gasteiger partial charge in [0, 0.05) is 58.2 Å². The Morgan fingerprint density at radius 3 is 2.62 bits per heavy atom. The molecule has 0 spiro atoms. The Morgan fingerprint density at radius 1 is 1.17 bits per heavy atom. The van der Waals surface area contributed by atoms with Crippen LogP contribution in [-0.2, 0) is 9.47 Å². The van der Waals surface area contributed by atoms with Gasteiger partial charge in [-0.15, -0.1) is 0 Å². The molecule has 0 aliphatic carbocycles. The van der Waals surface area contributed by atoms with Gasteiger partial charge in [-0.1, -0.05) is 0 Å². The number of carbonyl (C=O) groups is 1. The molecular formula is C21H34N4O4. The highest BCUT2D eigenvalue weighted by Gasteiger charge is 2.13. The van der Waals surface area contributed by atoms with Crippen LogP contribution in [0.5, 0.6) is 5.75 Å². The lowest BCUT2D eigenvalue weighted by Crippen LogP contribution is -2.41. The van der Waals surface area contributed by atoms with E-state index in [4.69, 9.17) is 9.47 Å². The van der Waals surface area contributed by atoms with Crippen molar-refractivity contribution in [1.29, 1.82) is 0 Å². The molecule has 1 aliphatic heterocycles. The Balaban J connectivity index is 1.57. The molecule has 29 heavy (non-hydrogen) atoms. The average molecular weight is 407 g/mol. The predicted octanol–water partition coefficient (Wildman–Crippen LogP) is 1.51. The molecule has 4 N–H and O–H groups in total. The van der Waals surface area contributed by atoms with E-state index in [9.17, 15) is 9.90 Å². The molecule has 2 rings (SSSR count). The number of ether oxygens (including phenoxy) is 2. The number of phenols is 1. The summed E-state index contributed by atoms with van der Waals surface area (Å²) >= 11 is 0. The minimum atomic E-state index is -0.171. The third-order valence-electron chi connectivity index (χ3n) is 4.59. The van der Waals surface area contributed by atoms with E-state index in [1.54, 1.807) is 12.1 Å². The second kappa shape index (κ2) is 13.8. The maximum Gasteiger partial charge on any atom is 0.251 e. The van der Waals surface area contributed by atoms with Crippen molar-refractivity contribution in [3.05, 3.63) is 29.8 Å². The minimum Gasteiger partial charge on any atom is -0.508 e. The van der Waals surface area contributed by atoms with Crippen LogP contribution < -0.4 is 16.0 Å². The molecule has 1 saturated heterocycles. The molecule has 0 unspecified atom stereocenters. The number of nitrogens with one attached hydrogen (secondary N) is 3. The van der Waals surface area contributed by atoms with E-state index in [2.05, 4.69) is 20.9 Å². The lowest BCUT2D eigenvalue weighted by Gasteiger charge is -2.21. The highest BCUT2D eigenvalue weighted by molar-refractivity contribution is 5.94. The summed E-state index contributed by atoms with van der Waals surface area (Å²) in [5.41, 5.74) is 0.518. The normalized spacial score (nSPS) is 15.1. The quantitative estimate of drug-likeness (QED) is 0.252. The number of benzene rings is 1. The highest BCUT2D eigenvalue weighted by Crippen LogP contribution is 2.14. The zero-order valence-electron chi connectivity index (χ0n) is 17.3. The first-order chi connectivity index (χ1) is 14.2. The van der Waals surface area contributed by atoms with Crippen molar-refractivity contribution in [2.24, 2.45) is 10.9 Å². The molecule has 8 heteroatoms. The smallest absolute Gasteiger partial charge is 0.251 e. The molecule has 0 radical (unpaired) electrons. The first kappa shape index (κ1) is 23.0. The fraction of sp³-hybridized carbons (Fsp3) is 0.619. The molecule has 0 saturated carbocycles. The van der Waals surface area contributed by atoms with Crippen molar-refractivity contribution in [2.45, 2.75) is 26.2 Å². The first-order valence-electron chi connectivity index (χ1n) is 10.4. The van der Waals surface area contributed by atoms with E-state index in [0.717, 1.165) is 51.6 Å². The van der Waals surface area contributed by atoms with Crippen LogP contribution in [0.1, 0.15) is 36.5 Å². The maximum absolute atomic E-state index is 12.0. The Kier molecular flexibility index (Phi) is 10.9. The first-order valence-corrected chi connectivity index (χ1v) is 10.4. The molecule has 8 nitrogen and oxygen atoms in total. The van der Waals surface area contributed by atoms with E-state index in [0.29, 0.717) is 37.7 Å². The summed E-state index contributed by atoms with van der Waals surface area (Å²) < 4.78 is 11.1. The van der Waals surface area contributed by atoms with Crippen LogP contribution in [0.15, 0.2) is 29.3 Å². The summed E-state index contributed by atoms with van der Waals surface area (Å²) in [6, 6.07) is 6.17. The fourth-order valence-corrected chi connectivity index (χ4v) is 2.93. The van der Waals surface area contributed by atoms with E-state index >= 15 is 0 Å². The Labute approximate surface area is 173 Å². The summed E-state index contributed by atoms with van der Waals surface area (Å²) in [5.74, 6) is 1.33. The SMILES string of the molecule is CCNC(=NCCCOCC1CCOCC1)NCCNC(=O)c1ccc(O)cc1. The van der Waals surface area contributed by atoms with Gasteiger partial charge in [0.15, 0.2) is 5.96 Å². The van der Waals surface area contributed by atoms with Crippen LogP contribution in [0.3, 0.4) is 0 Å². The number of carbonyl (C=O) groups excluding carboxylic acids is 1. The topological polar surface area (TPSA) is 104 Å². The van der Waals surface area contributed by atoms with Crippen molar-refractivity contribution < 1.29 is 19.4 Å². The number of rotatable bonds is 11. The number of phenolic OH excluding ortho intramolecular Hbond substituents is 1. The fourth-order valence-electron chi connectivity index (χ4n) is 2.93. The van der Waals surface area contributed by atoms with Crippen molar-refractivity contribution in [2.75, 3.05) is 52.6 Å². The Morgan fingerprint density at radius 2 is 1.90 bits per heavy atom. The summed E-state index contributed by atoms with van der Waals surface area (Å²) in [6.45, 7) is 7.73. The molecule has 1 amide bonds. The number of aromatic hydroxyl groups is 1. The van der Waals surface area contributed by atoms with Crippen molar-refractivity contribution in [3.8, 4) is 5.75 Å². The number of amides is 1. The summed E-state index contributed by atoms with van der Waals surface area (Å²) in [5, 5.41) is 18.5. The summed E-state index contributed by atoms with van der Waals surface area (Å²) in [6.07, 6.45) is 3.06. The van der Waals surface area contributed by atoms with Crippen molar-refractivity contribution in [1.82, 2.24) is 16.0 Å². The van der Waals surface area contributed by atoms with Gasteiger partial charge in [0.05, 0.1) is 0 Å². The van der Waals surface area contributed by atoms with Gasteiger partial charge < -0.3 is 30.5 Å².